The molecule has 8 heteroatoms. The Bertz CT molecular complexity index is 431. The second-order valence-corrected chi connectivity index (χ2v) is 5.07. The summed E-state index contributed by atoms with van der Waals surface area (Å²) in [6.45, 7) is 0. The Morgan fingerprint density at radius 2 is 1.19 bits per heavy atom. The predicted molar refractivity (Wildman–Crippen MR) is 69.3 cm³/mol. The van der Waals surface area contributed by atoms with Crippen LogP contribution in [-0.2, 0) is 4.79 Å². The van der Waals surface area contributed by atoms with Crippen molar-refractivity contribution in [1.82, 2.24) is 0 Å². The average molecular weight is 342 g/mol. The number of benzene rings is 1. The second kappa shape index (κ2) is 5.38. The molecule has 1 aromatic rings. The fourth-order valence-electron chi connectivity index (χ4n) is 0.987. The van der Waals surface area contributed by atoms with Crippen molar-refractivity contribution in [2.45, 2.75) is 5.38 Å². The highest BCUT2D eigenvalue weighted by Crippen LogP contribution is 2.47. The summed E-state index contributed by atoms with van der Waals surface area (Å²) >= 11 is 34.8. The number of hydrogen-bond donors (Lipinski definition) is 1. The Morgan fingerprint density at radius 3 is 1.50 bits per heavy atom. The molecule has 1 aromatic carbocycles. The maximum atomic E-state index is 11.0. The fraction of sp³-hybridized carbons (Fsp3) is 0.125. The molecule has 0 radical (unpaired) electrons. The van der Waals surface area contributed by atoms with Crippen molar-refractivity contribution in [3.63, 3.8) is 0 Å². The molecule has 0 saturated heterocycles. The molecule has 2 N–H and O–H groups in total. The number of alkyl halides is 1. The summed E-state index contributed by atoms with van der Waals surface area (Å²) in [6.07, 6.45) is 0. The van der Waals surface area contributed by atoms with Crippen molar-refractivity contribution in [1.29, 1.82) is 0 Å². The van der Waals surface area contributed by atoms with E-state index in [-0.39, 0.29) is 30.7 Å². The molecule has 0 aromatic heterocycles. The molecule has 1 unspecified atom stereocenters. The van der Waals surface area contributed by atoms with Gasteiger partial charge >= 0.3 is 0 Å². The van der Waals surface area contributed by atoms with Crippen LogP contribution in [0.5, 0.6) is 0 Å². The molecule has 0 saturated carbocycles. The van der Waals surface area contributed by atoms with E-state index >= 15 is 0 Å². The quantitative estimate of drug-likeness (QED) is 0.472. The summed E-state index contributed by atoms with van der Waals surface area (Å²) in [5.74, 6) is -0.820. The molecule has 0 bridgehead atoms. The summed E-state index contributed by atoms with van der Waals surface area (Å²) in [7, 11) is 0. The van der Waals surface area contributed by atoms with E-state index in [1.165, 1.54) is 0 Å². The molecule has 0 aliphatic heterocycles. The van der Waals surface area contributed by atoms with Crippen LogP contribution < -0.4 is 5.73 Å². The molecule has 1 rings (SSSR count). The Labute approximate surface area is 121 Å². The zero-order chi connectivity index (χ0) is 12.6. The molecule has 0 heterocycles. The lowest BCUT2D eigenvalue weighted by atomic mass is 10.1. The van der Waals surface area contributed by atoms with E-state index in [4.69, 9.17) is 75.3 Å². The summed E-state index contributed by atoms with van der Waals surface area (Å²) in [5, 5.41) is -1.37. The van der Waals surface area contributed by atoms with Crippen molar-refractivity contribution in [3.8, 4) is 0 Å². The lowest BCUT2D eigenvalue weighted by Crippen LogP contribution is -2.18. The largest absolute Gasteiger partial charge is 0.368 e. The number of carbonyl (C=O) groups excluding carboxylic acids is 1. The SMILES string of the molecule is NC(=O)C(Cl)c1c(Cl)c(Cl)c(Cl)c(Cl)c1Cl. The molecular weight excluding hydrogens is 339 g/mol. The van der Waals surface area contributed by atoms with Gasteiger partial charge in [-0.15, -0.1) is 11.6 Å². The van der Waals surface area contributed by atoms with Crippen molar-refractivity contribution < 1.29 is 4.79 Å². The lowest BCUT2D eigenvalue weighted by Gasteiger charge is -2.14. The summed E-state index contributed by atoms with van der Waals surface area (Å²) in [6, 6.07) is 0. The molecule has 0 aliphatic rings. The molecule has 16 heavy (non-hydrogen) atoms. The molecule has 0 fully saturated rings. The van der Waals surface area contributed by atoms with Gasteiger partial charge < -0.3 is 5.73 Å². The Morgan fingerprint density at radius 1 is 0.875 bits per heavy atom. The van der Waals surface area contributed by atoms with Gasteiger partial charge in [0.2, 0.25) is 5.91 Å². The number of rotatable bonds is 2. The van der Waals surface area contributed by atoms with E-state index in [1.807, 2.05) is 0 Å². The first-order valence-electron chi connectivity index (χ1n) is 3.73. The van der Waals surface area contributed by atoms with Crippen LogP contribution in [0.25, 0.3) is 0 Å². The second-order valence-electron chi connectivity index (χ2n) is 2.75. The van der Waals surface area contributed by atoms with E-state index in [9.17, 15) is 4.79 Å². The van der Waals surface area contributed by atoms with E-state index in [0.29, 0.717) is 0 Å². The third-order valence-corrected chi connectivity index (χ3v) is 4.49. The minimum Gasteiger partial charge on any atom is -0.368 e. The van der Waals surface area contributed by atoms with Gasteiger partial charge in [-0.1, -0.05) is 58.0 Å². The van der Waals surface area contributed by atoms with Crippen LogP contribution in [0.3, 0.4) is 0 Å². The van der Waals surface area contributed by atoms with Crippen LogP contribution in [0, 0.1) is 0 Å². The highest BCUT2D eigenvalue weighted by molar-refractivity contribution is 6.56. The Kier molecular flexibility index (Phi) is 4.88. The zero-order valence-electron chi connectivity index (χ0n) is 7.33. The smallest absolute Gasteiger partial charge is 0.240 e. The van der Waals surface area contributed by atoms with Crippen molar-refractivity contribution >= 4 is 75.5 Å². The van der Waals surface area contributed by atoms with Gasteiger partial charge in [-0.3, -0.25) is 4.79 Å². The monoisotopic (exact) mass is 339 g/mol. The number of carbonyl (C=O) groups is 1. The normalized spacial score (nSPS) is 12.6. The van der Waals surface area contributed by atoms with Crippen LogP contribution in [-0.4, -0.2) is 5.91 Å². The van der Waals surface area contributed by atoms with Gasteiger partial charge in [0.15, 0.2) is 0 Å². The first kappa shape index (κ1) is 14.5. The Hall–Kier alpha value is 0.430. The summed E-state index contributed by atoms with van der Waals surface area (Å²) < 4.78 is 0. The molecular formula is C8H3Cl6NO. The summed E-state index contributed by atoms with van der Waals surface area (Å²) in [4.78, 5) is 11.0. The van der Waals surface area contributed by atoms with Gasteiger partial charge in [-0.2, -0.15) is 0 Å². The zero-order valence-corrected chi connectivity index (χ0v) is 11.9. The number of nitrogens with two attached hydrogens (primary N) is 1. The molecule has 1 atom stereocenters. The first-order chi connectivity index (χ1) is 7.29. The van der Waals surface area contributed by atoms with E-state index in [0.717, 1.165) is 0 Å². The number of amides is 1. The van der Waals surface area contributed by atoms with Gasteiger partial charge in [0.05, 0.1) is 25.1 Å². The van der Waals surface area contributed by atoms with Crippen molar-refractivity contribution in [3.05, 3.63) is 30.7 Å². The maximum Gasteiger partial charge on any atom is 0.240 e. The Balaban J connectivity index is 3.57. The van der Waals surface area contributed by atoms with E-state index < -0.39 is 11.3 Å². The number of hydrogen-bond acceptors (Lipinski definition) is 1. The highest BCUT2D eigenvalue weighted by Gasteiger charge is 2.26. The van der Waals surface area contributed by atoms with Crippen LogP contribution in [0.4, 0.5) is 0 Å². The molecule has 1 amide bonds. The van der Waals surface area contributed by atoms with Crippen LogP contribution in [0.2, 0.25) is 25.1 Å². The first-order valence-corrected chi connectivity index (χ1v) is 6.06. The lowest BCUT2D eigenvalue weighted by molar-refractivity contribution is -0.117. The fourth-order valence-corrected chi connectivity index (χ4v) is 2.69. The third-order valence-electron chi connectivity index (χ3n) is 1.75. The topological polar surface area (TPSA) is 43.1 Å². The number of halogens is 6. The number of primary amides is 1. The minimum atomic E-state index is -1.23. The van der Waals surface area contributed by atoms with Gasteiger partial charge in [-0.25, -0.2) is 0 Å². The van der Waals surface area contributed by atoms with Crippen molar-refractivity contribution in [2.75, 3.05) is 0 Å². The maximum absolute atomic E-state index is 11.0. The molecule has 0 aliphatic carbocycles. The van der Waals surface area contributed by atoms with Gasteiger partial charge in [0, 0.05) is 5.56 Å². The molecule has 88 valence electrons. The van der Waals surface area contributed by atoms with Crippen LogP contribution in [0.1, 0.15) is 10.9 Å². The summed E-state index contributed by atoms with van der Waals surface area (Å²) in [5.41, 5.74) is 5.09. The van der Waals surface area contributed by atoms with E-state index in [2.05, 4.69) is 0 Å². The standard InChI is InChI=1S/C8H3Cl6NO/c9-2-1(4(11)8(15)16)3(10)6(13)7(14)5(2)12/h4H,(H2,15,16). The van der Waals surface area contributed by atoms with Gasteiger partial charge in [-0.05, 0) is 0 Å². The van der Waals surface area contributed by atoms with Gasteiger partial charge in [0.1, 0.15) is 5.38 Å². The van der Waals surface area contributed by atoms with Crippen molar-refractivity contribution in [2.24, 2.45) is 5.73 Å². The average Bonchev–Trinajstić information content (AvgIpc) is 2.23. The van der Waals surface area contributed by atoms with Gasteiger partial charge in [0.25, 0.3) is 0 Å². The third kappa shape index (κ3) is 2.47. The van der Waals surface area contributed by atoms with Crippen LogP contribution >= 0.6 is 69.6 Å². The highest BCUT2D eigenvalue weighted by atomic mass is 35.5. The predicted octanol–water partition coefficient (Wildman–Crippen LogP) is 4.72. The minimum absolute atomic E-state index is 0.00424. The van der Waals surface area contributed by atoms with Crippen LogP contribution in [0.15, 0.2) is 0 Å². The molecule has 2 nitrogen and oxygen atoms in total. The molecule has 0 spiro atoms. The van der Waals surface area contributed by atoms with E-state index in [1.54, 1.807) is 0 Å².